The van der Waals surface area contributed by atoms with Gasteiger partial charge in [0.15, 0.2) is 0 Å². The second kappa shape index (κ2) is 8.48. The van der Waals surface area contributed by atoms with Crippen LogP contribution in [-0.2, 0) is 19.6 Å². The molecule has 9 heteroatoms. The van der Waals surface area contributed by atoms with Crippen molar-refractivity contribution < 1.29 is 32.2 Å². The topological polar surface area (TPSA) is 102 Å². The van der Waals surface area contributed by atoms with Gasteiger partial charge in [-0.3, -0.25) is 4.79 Å². The van der Waals surface area contributed by atoms with Gasteiger partial charge in [0.05, 0.1) is 4.90 Å². The monoisotopic (exact) mass is 423 g/mol. The molecule has 0 amide bonds. The number of carboxylic acid groups (broad SMARTS) is 1. The number of halogens is 1. The van der Waals surface area contributed by atoms with Crippen molar-refractivity contribution in [2.24, 2.45) is 0 Å². The molecule has 0 radical (unpaired) electrons. The number of carboxylic acids is 1. The van der Waals surface area contributed by atoms with Crippen LogP contribution in [0.25, 0.3) is 0 Å². The highest BCUT2D eigenvalue weighted by molar-refractivity contribution is 7.89. The molecule has 156 valence electrons. The molecule has 0 saturated carbocycles. The highest BCUT2D eigenvalue weighted by Crippen LogP contribution is 2.26. The van der Waals surface area contributed by atoms with Crippen molar-refractivity contribution in [1.82, 2.24) is 4.72 Å². The lowest BCUT2D eigenvalue weighted by Gasteiger charge is -2.33. The summed E-state index contributed by atoms with van der Waals surface area (Å²) in [6, 6.07) is 11.6. The fourth-order valence-electron chi connectivity index (χ4n) is 3.10. The summed E-state index contributed by atoms with van der Waals surface area (Å²) in [6.07, 6.45) is -0.260. The molecule has 1 saturated heterocycles. The summed E-state index contributed by atoms with van der Waals surface area (Å²) in [6.45, 7) is 2.13. The number of rotatable bonds is 7. The maximum atomic E-state index is 13.0. The summed E-state index contributed by atoms with van der Waals surface area (Å²) >= 11 is 0. The molecule has 1 fully saturated rings. The number of carbonyl (C=O) groups is 1. The van der Waals surface area contributed by atoms with Crippen molar-refractivity contribution in [3.63, 3.8) is 0 Å². The maximum Gasteiger partial charge on any atom is 0.325 e. The van der Waals surface area contributed by atoms with E-state index in [0.29, 0.717) is 5.75 Å². The van der Waals surface area contributed by atoms with E-state index in [-0.39, 0.29) is 42.9 Å². The molecule has 0 aliphatic carbocycles. The number of aliphatic carboxylic acids is 1. The fourth-order valence-corrected chi connectivity index (χ4v) is 4.52. The third-order valence-corrected chi connectivity index (χ3v) is 6.42. The molecule has 0 bridgehead atoms. The maximum absolute atomic E-state index is 13.0. The summed E-state index contributed by atoms with van der Waals surface area (Å²) in [5, 5.41) is 9.54. The minimum Gasteiger partial charge on any atom is -0.486 e. The number of nitrogens with one attached hydrogen (secondary N) is 1. The summed E-state index contributed by atoms with van der Waals surface area (Å²) in [5.41, 5.74) is -0.809. The molecule has 29 heavy (non-hydrogen) atoms. The van der Waals surface area contributed by atoms with Crippen molar-refractivity contribution in [2.45, 2.75) is 36.3 Å². The van der Waals surface area contributed by atoms with Crippen LogP contribution < -0.4 is 9.46 Å². The van der Waals surface area contributed by atoms with Gasteiger partial charge in [-0.1, -0.05) is 12.1 Å². The first-order chi connectivity index (χ1) is 13.7. The molecule has 1 aliphatic rings. The number of sulfonamides is 1. The van der Waals surface area contributed by atoms with E-state index in [9.17, 15) is 22.7 Å². The van der Waals surface area contributed by atoms with E-state index in [1.165, 1.54) is 36.4 Å². The smallest absolute Gasteiger partial charge is 0.325 e. The van der Waals surface area contributed by atoms with E-state index in [1.807, 2.05) is 0 Å². The van der Waals surface area contributed by atoms with Gasteiger partial charge in [0, 0.05) is 26.1 Å². The van der Waals surface area contributed by atoms with Gasteiger partial charge in [0.1, 0.15) is 23.2 Å². The van der Waals surface area contributed by atoms with Crippen molar-refractivity contribution >= 4 is 16.0 Å². The Morgan fingerprint density at radius 3 is 2.28 bits per heavy atom. The Morgan fingerprint density at radius 1 is 1.14 bits per heavy atom. The zero-order valence-corrected chi connectivity index (χ0v) is 16.6. The van der Waals surface area contributed by atoms with E-state index >= 15 is 0 Å². The summed E-state index contributed by atoms with van der Waals surface area (Å²) in [7, 11) is -4.05. The van der Waals surface area contributed by atoms with Crippen molar-refractivity contribution in [3.05, 3.63) is 59.9 Å². The summed E-state index contributed by atoms with van der Waals surface area (Å²) in [4.78, 5) is 11.6. The highest BCUT2D eigenvalue weighted by atomic mass is 32.2. The molecule has 3 rings (SSSR count). The Hall–Kier alpha value is -2.49. The lowest BCUT2D eigenvalue weighted by Crippen LogP contribution is -2.57. The first-order valence-corrected chi connectivity index (χ1v) is 10.6. The van der Waals surface area contributed by atoms with Gasteiger partial charge in [-0.2, -0.15) is 4.72 Å². The second-order valence-corrected chi connectivity index (χ2v) is 8.57. The molecule has 0 aromatic heterocycles. The lowest BCUT2D eigenvalue weighted by atomic mass is 9.92. The van der Waals surface area contributed by atoms with Crippen LogP contribution in [0.3, 0.4) is 0 Å². The summed E-state index contributed by atoms with van der Waals surface area (Å²) < 4.78 is 51.7. The average molecular weight is 423 g/mol. The standard InChI is InChI=1S/C20H22FNO6S/c1-14(15-2-4-16(21)5-3-15)28-17-6-8-18(9-7-17)29(25,26)22-20(19(23)24)10-12-27-13-11-20/h2-9,14,22H,10-13H2,1H3,(H,23,24). The predicted molar refractivity (Wildman–Crippen MR) is 103 cm³/mol. The number of ether oxygens (including phenoxy) is 2. The molecule has 2 N–H and O–H groups in total. The molecular formula is C20H22FNO6S. The number of hydrogen-bond acceptors (Lipinski definition) is 5. The Kier molecular flexibility index (Phi) is 6.21. The zero-order valence-electron chi connectivity index (χ0n) is 15.8. The van der Waals surface area contributed by atoms with E-state index in [1.54, 1.807) is 19.1 Å². The molecule has 0 spiro atoms. The molecule has 1 atom stereocenters. The van der Waals surface area contributed by atoms with Crippen molar-refractivity contribution in [1.29, 1.82) is 0 Å². The lowest BCUT2D eigenvalue weighted by molar-refractivity contribution is -0.147. The van der Waals surface area contributed by atoms with Gasteiger partial charge >= 0.3 is 5.97 Å². The Balaban J connectivity index is 1.73. The van der Waals surface area contributed by atoms with Gasteiger partial charge < -0.3 is 14.6 Å². The number of benzene rings is 2. The average Bonchev–Trinajstić information content (AvgIpc) is 2.69. The second-order valence-electron chi connectivity index (χ2n) is 6.89. The minimum absolute atomic E-state index is 0.0535. The molecular weight excluding hydrogens is 401 g/mol. The zero-order chi connectivity index (χ0) is 21.1. The van der Waals surface area contributed by atoms with Crippen LogP contribution in [0.15, 0.2) is 53.4 Å². The SMILES string of the molecule is CC(Oc1ccc(S(=O)(=O)NC2(C(=O)O)CCOCC2)cc1)c1ccc(F)cc1. The molecule has 2 aromatic rings. The predicted octanol–water partition coefficient (Wildman–Crippen LogP) is 2.88. The van der Waals surface area contributed by atoms with Crippen molar-refractivity contribution in [2.75, 3.05) is 13.2 Å². The van der Waals surface area contributed by atoms with Gasteiger partial charge in [-0.25, -0.2) is 12.8 Å². The highest BCUT2D eigenvalue weighted by Gasteiger charge is 2.43. The molecule has 1 heterocycles. The van der Waals surface area contributed by atoms with Crippen LogP contribution in [0.4, 0.5) is 4.39 Å². The first-order valence-electron chi connectivity index (χ1n) is 9.09. The van der Waals surface area contributed by atoms with Crippen LogP contribution >= 0.6 is 0 Å². The van der Waals surface area contributed by atoms with Crippen LogP contribution in [0.1, 0.15) is 31.4 Å². The van der Waals surface area contributed by atoms with Gasteiger partial charge in [-0.15, -0.1) is 0 Å². The van der Waals surface area contributed by atoms with Crippen LogP contribution in [0.2, 0.25) is 0 Å². The quantitative estimate of drug-likeness (QED) is 0.710. The van der Waals surface area contributed by atoms with E-state index in [2.05, 4.69) is 4.72 Å². The van der Waals surface area contributed by atoms with Crippen LogP contribution in [-0.4, -0.2) is 38.2 Å². The third kappa shape index (κ3) is 4.92. The minimum atomic E-state index is -4.05. The fraction of sp³-hybridized carbons (Fsp3) is 0.350. The van der Waals surface area contributed by atoms with Crippen molar-refractivity contribution in [3.8, 4) is 5.75 Å². The normalized spacial score (nSPS) is 17.4. The molecule has 1 aliphatic heterocycles. The van der Waals surface area contributed by atoms with E-state index in [4.69, 9.17) is 9.47 Å². The van der Waals surface area contributed by atoms with Crippen LogP contribution in [0.5, 0.6) is 5.75 Å². The Morgan fingerprint density at radius 2 is 1.72 bits per heavy atom. The molecule has 1 unspecified atom stereocenters. The first kappa shape index (κ1) is 21.2. The largest absolute Gasteiger partial charge is 0.486 e. The number of hydrogen-bond donors (Lipinski definition) is 2. The Bertz CT molecular complexity index is 953. The van der Waals surface area contributed by atoms with Gasteiger partial charge in [-0.05, 0) is 48.9 Å². The van der Waals surface area contributed by atoms with Gasteiger partial charge in [0.25, 0.3) is 0 Å². The van der Waals surface area contributed by atoms with E-state index in [0.717, 1.165) is 5.56 Å². The van der Waals surface area contributed by atoms with E-state index < -0.39 is 21.5 Å². The molecule has 7 nitrogen and oxygen atoms in total. The van der Waals surface area contributed by atoms with Crippen LogP contribution in [0, 0.1) is 5.82 Å². The third-order valence-electron chi connectivity index (χ3n) is 4.87. The Labute approximate surface area is 168 Å². The summed E-state index contributed by atoms with van der Waals surface area (Å²) in [5.74, 6) is -1.14. The molecule has 2 aromatic carbocycles. The van der Waals surface area contributed by atoms with Gasteiger partial charge in [0.2, 0.25) is 10.0 Å².